The van der Waals surface area contributed by atoms with Crippen molar-refractivity contribution in [2.24, 2.45) is 22.2 Å². The molecule has 1 rings (SSSR count). The fourth-order valence-corrected chi connectivity index (χ4v) is 3.39. The molecule has 0 aliphatic heterocycles. The van der Waals surface area contributed by atoms with Crippen LogP contribution in [-0.4, -0.2) is 87.4 Å². The molecule has 0 heterocycles. The third-order valence-electron chi connectivity index (χ3n) is 5.12. The van der Waals surface area contributed by atoms with Crippen LogP contribution >= 0.6 is 12.6 Å². The summed E-state index contributed by atoms with van der Waals surface area (Å²) in [5, 5.41) is 34.5. The quantitative estimate of drug-likeness (QED) is 0.0432. The van der Waals surface area contributed by atoms with Crippen LogP contribution in [0.5, 0.6) is 5.75 Å². The number of nitrogens with zero attached hydrogens (tertiary/aromatic N) is 1. The van der Waals surface area contributed by atoms with Gasteiger partial charge in [0.15, 0.2) is 5.96 Å². The number of aliphatic carboxylic acids is 2. The molecule has 0 radical (unpaired) electrons. The van der Waals surface area contributed by atoms with Crippen LogP contribution in [0.1, 0.15) is 24.8 Å². The second-order valence-corrected chi connectivity index (χ2v) is 8.59. The SMILES string of the molecule is NC(N)=NCCCC(NC(=O)C(N)Cc1ccc(O)cc1)C(=O)NC(CC(=O)O)C(=O)NC(CS)C(=O)O. The van der Waals surface area contributed by atoms with Crippen LogP contribution in [0.3, 0.4) is 0 Å². The van der Waals surface area contributed by atoms with Gasteiger partial charge in [0.2, 0.25) is 17.7 Å². The first-order chi connectivity index (χ1) is 17.8. The van der Waals surface area contributed by atoms with Crippen molar-refractivity contribution < 1.29 is 39.3 Å². The molecule has 0 bridgehead atoms. The summed E-state index contributed by atoms with van der Waals surface area (Å²) in [4.78, 5) is 64.6. The number of phenolic OH excluding ortho intramolecular Hbond substituents is 1. The van der Waals surface area contributed by atoms with Gasteiger partial charge >= 0.3 is 11.9 Å². The van der Waals surface area contributed by atoms with Gasteiger partial charge in [-0.1, -0.05) is 12.1 Å². The number of rotatable bonds is 16. The molecule has 4 unspecified atom stereocenters. The van der Waals surface area contributed by atoms with Crippen LogP contribution in [0.4, 0.5) is 0 Å². The summed E-state index contributed by atoms with van der Waals surface area (Å²) < 4.78 is 0. The predicted octanol–water partition coefficient (Wildman–Crippen LogP) is -2.74. The predicted molar refractivity (Wildman–Crippen MR) is 139 cm³/mol. The zero-order valence-electron chi connectivity index (χ0n) is 20.4. The molecule has 0 aliphatic rings. The van der Waals surface area contributed by atoms with E-state index in [1.54, 1.807) is 12.1 Å². The topological polar surface area (TPSA) is 273 Å². The van der Waals surface area contributed by atoms with E-state index in [0.717, 1.165) is 0 Å². The number of benzene rings is 1. The molecule has 0 fully saturated rings. The van der Waals surface area contributed by atoms with Crippen molar-refractivity contribution in [3.05, 3.63) is 29.8 Å². The largest absolute Gasteiger partial charge is 0.508 e. The van der Waals surface area contributed by atoms with E-state index in [4.69, 9.17) is 22.3 Å². The highest BCUT2D eigenvalue weighted by molar-refractivity contribution is 7.80. The summed E-state index contributed by atoms with van der Waals surface area (Å²) in [6.07, 6.45) is -0.555. The number of hydrogen-bond acceptors (Lipinski definition) is 9. The van der Waals surface area contributed by atoms with E-state index in [9.17, 15) is 34.2 Å². The molecule has 0 aromatic heterocycles. The molecule has 0 spiro atoms. The number of phenols is 1. The lowest BCUT2D eigenvalue weighted by Gasteiger charge is -2.24. The molecule has 16 heteroatoms. The molecule has 15 nitrogen and oxygen atoms in total. The average molecular weight is 556 g/mol. The maximum absolute atomic E-state index is 13.0. The summed E-state index contributed by atoms with van der Waals surface area (Å²) >= 11 is 3.83. The minimum atomic E-state index is -1.65. The third-order valence-corrected chi connectivity index (χ3v) is 5.48. The number of guanidine groups is 1. The summed E-state index contributed by atoms with van der Waals surface area (Å²) in [6, 6.07) is 0.589. The number of carboxylic acids is 2. The van der Waals surface area contributed by atoms with Crippen LogP contribution in [0.15, 0.2) is 29.3 Å². The number of nitrogens with one attached hydrogen (secondary N) is 3. The van der Waals surface area contributed by atoms with Gasteiger partial charge in [0, 0.05) is 12.3 Å². The molecule has 210 valence electrons. The second kappa shape index (κ2) is 15.9. The Labute approximate surface area is 223 Å². The Morgan fingerprint density at radius 2 is 1.45 bits per heavy atom. The minimum Gasteiger partial charge on any atom is -0.508 e. The van der Waals surface area contributed by atoms with Crippen LogP contribution in [0.2, 0.25) is 0 Å². The Hall–Kier alpha value is -4.05. The average Bonchev–Trinajstić information content (AvgIpc) is 2.84. The first-order valence-corrected chi connectivity index (χ1v) is 12.0. The van der Waals surface area contributed by atoms with E-state index in [-0.39, 0.29) is 43.3 Å². The van der Waals surface area contributed by atoms with Gasteiger partial charge < -0.3 is 48.5 Å². The van der Waals surface area contributed by atoms with Crippen molar-refractivity contribution in [3.63, 3.8) is 0 Å². The Balaban J connectivity index is 3.01. The summed E-state index contributed by atoms with van der Waals surface area (Å²) in [5.41, 5.74) is 17.2. The maximum atomic E-state index is 13.0. The van der Waals surface area contributed by atoms with E-state index in [2.05, 4.69) is 33.6 Å². The Bertz CT molecular complexity index is 1020. The zero-order chi connectivity index (χ0) is 28.8. The number of amides is 3. The maximum Gasteiger partial charge on any atom is 0.327 e. The number of carboxylic acid groups (broad SMARTS) is 2. The van der Waals surface area contributed by atoms with Crippen LogP contribution in [-0.2, 0) is 30.4 Å². The van der Waals surface area contributed by atoms with Gasteiger partial charge in [-0.3, -0.25) is 24.2 Å². The first-order valence-electron chi connectivity index (χ1n) is 11.4. The van der Waals surface area contributed by atoms with Gasteiger partial charge in [-0.2, -0.15) is 12.6 Å². The lowest BCUT2D eigenvalue weighted by atomic mass is 10.0. The molecule has 12 N–H and O–H groups in total. The van der Waals surface area contributed by atoms with Gasteiger partial charge in [0.25, 0.3) is 0 Å². The van der Waals surface area contributed by atoms with E-state index >= 15 is 0 Å². The highest BCUT2D eigenvalue weighted by Gasteiger charge is 2.31. The van der Waals surface area contributed by atoms with Gasteiger partial charge in [-0.05, 0) is 37.0 Å². The second-order valence-electron chi connectivity index (χ2n) is 8.23. The summed E-state index contributed by atoms with van der Waals surface area (Å²) in [7, 11) is 0. The van der Waals surface area contributed by atoms with Crippen molar-refractivity contribution >= 4 is 48.2 Å². The number of thiol groups is 1. The molecule has 4 atom stereocenters. The van der Waals surface area contributed by atoms with E-state index < -0.39 is 60.2 Å². The summed E-state index contributed by atoms with van der Waals surface area (Å²) in [6.45, 7) is 0.114. The molecule has 0 saturated heterocycles. The Kier molecular flexibility index (Phi) is 13.4. The van der Waals surface area contributed by atoms with Gasteiger partial charge in [0.05, 0.1) is 12.5 Å². The van der Waals surface area contributed by atoms with E-state index in [0.29, 0.717) is 5.56 Å². The smallest absolute Gasteiger partial charge is 0.327 e. The standard InChI is InChI=1S/C22H33N7O8S/c23-13(8-11-3-5-12(30)6-4-11)18(33)27-14(2-1-7-26-22(24)25)19(34)28-15(9-17(31)32)20(35)29-16(10-38)21(36)37/h3-6,13-16,30,38H,1-2,7-10,23H2,(H,27,33)(H,28,34)(H,29,35)(H,31,32)(H,36,37)(H4,24,25,26). The van der Waals surface area contributed by atoms with Crippen LogP contribution < -0.4 is 33.2 Å². The lowest BCUT2D eigenvalue weighted by Crippen LogP contribution is -2.57. The molecule has 3 amide bonds. The monoisotopic (exact) mass is 555 g/mol. The molecule has 0 saturated carbocycles. The normalized spacial score (nSPS) is 13.7. The van der Waals surface area contributed by atoms with Crippen molar-refractivity contribution in [2.45, 2.75) is 49.9 Å². The Morgan fingerprint density at radius 3 is 1.97 bits per heavy atom. The van der Waals surface area contributed by atoms with E-state index in [1.807, 2.05) is 0 Å². The van der Waals surface area contributed by atoms with E-state index in [1.165, 1.54) is 12.1 Å². The third kappa shape index (κ3) is 11.8. The molecule has 38 heavy (non-hydrogen) atoms. The Morgan fingerprint density at radius 1 is 0.895 bits per heavy atom. The number of aliphatic imine (C=N–C) groups is 1. The van der Waals surface area contributed by atoms with Crippen LogP contribution in [0.25, 0.3) is 0 Å². The number of aromatic hydroxyl groups is 1. The van der Waals surface area contributed by atoms with Crippen molar-refractivity contribution in [1.29, 1.82) is 0 Å². The molecule has 1 aromatic rings. The van der Waals surface area contributed by atoms with Gasteiger partial charge in [0.1, 0.15) is 23.9 Å². The zero-order valence-corrected chi connectivity index (χ0v) is 21.3. The molecular weight excluding hydrogens is 522 g/mol. The lowest BCUT2D eigenvalue weighted by molar-refractivity contribution is -0.143. The fraction of sp³-hybridized carbons (Fsp3) is 0.455. The van der Waals surface area contributed by atoms with Crippen molar-refractivity contribution in [3.8, 4) is 5.75 Å². The number of nitrogens with two attached hydrogens (primary N) is 3. The highest BCUT2D eigenvalue weighted by Crippen LogP contribution is 2.11. The van der Waals surface area contributed by atoms with Crippen molar-refractivity contribution in [2.75, 3.05) is 12.3 Å². The van der Waals surface area contributed by atoms with Crippen LogP contribution in [0, 0.1) is 0 Å². The minimum absolute atomic E-state index is 0.00388. The summed E-state index contributed by atoms with van der Waals surface area (Å²) in [5.74, 6) is -5.93. The highest BCUT2D eigenvalue weighted by atomic mass is 32.1. The van der Waals surface area contributed by atoms with Gasteiger partial charge in [-0.25, -0.2) is 4.79 Å². The number of carbonyl (C=O) groups is 5. The molecule has 1 aromatic carbocycles. The molecule has 0 aliphatic carbocycles. The van der Waals surface area contributed by atoms with Gasteiger partial charge in [-0.15, -0.1) is 0 Å². The first kappa shape index (κ1) is 32.0. The van der Waals surface area contributed by atoms with Crippen molar-refractivity contribution in [1.82, 2.24) is 16.0 Å². The number of hydrogen-bond donors (Lipinski definition) is 10. The number of carbonyl (C=O) groups excluding carboxylic acids is 3. The molecular formula is C22H33N7O8S. The fourth-order valence-electron chi connectivity index (χ4n) is 3.14.